The Morgan fingerprint density at radius 1 is 1.38 bits per heavy atom. The number of nitrogens with zero attached hydrogens (tertiary/aromatic N) is 2. The second kappa shape index (κ2) is 4.65. The molecule has 16 heavy (non-hydrogen) atoms. The first kappa shape index (κ1) is 11.1. The van der Waals surface area contributed by atoms with Crippen LogP contribution in [0.5, 0.6) is 0 Å². The van der Waals surface area contributed by atoms with Crippen LogP contribution in [-0.4, -0.2) is 14.8 Å². The summed E-state index contributed by atoms with van der Waals surface area (Å²) in [6.45, 7) is 0.871. The fourth-order valence-electron chi connectivity index (χ4n) is 1.71. The third-order valence-corrected chi connectivity index (χ3v) is 3.06. The van der Waals surface area contributed by atoms with Crippen LogP contribution in [-0.2, 0) is 6.54 Å². The van der Waals surface area contributed by atoms with Gasteiger partial charge in [0.25, 0.3) is 5.69 Å². The standard InChI is InChI=1S/C11H11BrN2O2/c12-5-1-6-13-7-4-9-2-3-10(14(15)16)8-11(9)13/h2-4,7-8H,1,5-6H2. The van der Waals surface area contributed by atoms with Crippen LogP contribution < -0.4 is 0 Å². The van der Waals surface area contributed by atoms with Gasteiger partial charge >= 0.3 is 0 Å². The van der Waals surface area contributed by atoms with Crippen LogP contribution in [0.4, 0.5) is 5.69 Å². The van der Waals surface area contributed by atoms with Crippen LogP contribution in [0.2, 0.25) is 0 Å². The molecule has 0 unspecified atom stereocenters. The molecule has 1 aromatic carbocycles. The van der Waals surface area contributed by atoms with Gasteiger partial charge in [0, 0.05) is 35.6 Å². The van der Waals surface area contributed by atoms with Crippen LogP contribution in [0.3, 0.4) is 0 Å². The van der Waals surface area contributed by atoms with Gasteiger partial charge in [0.15, 0.2) is 0 Å². The van der Waals surface area contributed by atoms with E-state index in [1.54, 1.807) is 12.1 Å². The summed E-state index contributed by atoms with van der Waals surface area (Å²) in [6.07, 6.45) is 2.98. The Hall–Kier alpha value is -1.36. The van der Waals surface area contributed by atoms with Gasteiger partial charge in [-0.3, -0.25) is 10.1 Å². The van der Waals surface area contributed by atoms with E-state index in [-0.39, 0.29) is 10.6 Å². The maximum Gasteiger partial charge on any atom is 0.271 e. The van der Waals surface area contributed by atoms with Crippen molar-refractivity contribution in [1.29, 1.82) is 0 Å². The zero-order valence-electron chi connectivity index (χ0n) is 8.60. The molecule has 0 N–H and O–H groups in total. The van der Waals surface area contributed by atoms with Crippen molar-refractivity contribution in [2.45, 2.75) is 13.0 Å². The smallest absolute Gasteiger partial charge is 0.271 e. The van der Waals surface area contributed by atoms with Crippen molar-refractivity contribution in [2.24, 2.45) is 0 Å². The van der Waals surface area contributed by atoms with E-state index in [1.807, 2.05) is 16.8 Å². The van der Waals surface area contributed by atoms with Gasteiger partial charge in [0.1, 0.15) is 0 Å². The molecule has 0 spiro atoms. The molecular weight excluding hydrogens is 272 g/mol. The maximum atomic E-state index is 10.7. The monoisotopic (exact) mass is 282 g/mol. The molecule has 84 valence electrons. The van der Waals surface area contributed by atoms with Crippen molar-refractivity contribution >= 4 is 32.5 Å². The van der Waals surface area contributed by atoms with E-state index in [0.29, 0.717) is 0 Å². The normalized spacial score (nSPS) is 10.8. The summed E-state index contributed by atoms with van der Waals surface area (Å²) in [4.78, 5) is 10.3. The lowest BCUT2D eigenvalue weighted by Gasteiger charge is -2.03. The first-order valence-electron chi connectivity index (χ1n) is 5.01. The van der Waals surface area contributed by atoms with E-state index < -0.39 is 0 Å². The minimum atomic E-state index is -0.360. The summed E-state index contributed by atoms with van der Waals surface area (Å²) in [5.41, 5.74) is 1.07. The van der Waals surface area contributed by atoms with Crippen LogP contribution in [0.25, 0.3) is 10.9 Å². The number of aryl methyl sites for hydroxylation is 1. The van der Waals surface area contributed by atoms with E-state index in [0.717, 1.165) is 29.2 Å². The van der Waals surface area contributed by atoms with Crippen LogP contribution in [0.1, 0.15) is 6.42 Å². The summed E-state index contributed by atoms with van der Waals surface area (Å²) in [7, 11) is 0. The number of hydrogen-bond acceptors (Lipinski definition) is 2. The number of nitro benzene ring substituents is 1. The van der Waals surface area contributed by atoms with Gasteiger partial charge in [0.2, 0.25) is 0 Å². The summed E-state index contributed by atoms with van der Waals surface area (Å²) >= 11 is 3.38. The van der Waals surface area contributed by atoms with Crippen LogP contribution in [0.15, 0.2) is 30.5 Å². The number of rotatable bonds is 4. The highest BCUT2D eigenvalue weighted by Gasteiger charge is 2.08. The number of hydrogen-bond donors (Lipinski definition) is 0. The zero-order chi connectivity index (χ0) is 11.5. The third kappa shape index (κ3) is 2.09. The van der Waals surface area contributed by atoms with Gasteiger partial charge in [-0.1, -0.05) is 15.9 Å². The van der Waals surface area contributed by atoms with Gasteiger partial charge in [-0.25, -0.2) is 0 Å². The quantitative estimate of drug-likeness (QED) is 0.491. The first-order valence-corrected chi connectivity index (χ1v) is 6.14. The maximum absolute atomic E-state index is 10.7. The van der Waals surface area contributed by atoms with Gasteiger partial charge in [-0.15, -0.1) is 0 Å². The summed E-state index contributed by atoms with van der Waals surface area (Å²) in [5.74, 6) is 0. The van der Waals surface area contributed by atoms with Crippen molar-refractivity contribution in [2.75, 3.05) is 5.33 Å². The lowest BCUT2D eigenvalue weighted by atomic mass is 10.2. The minimum absolute atomic E-state index is 0.145. The Bertz CT molecular complexity index is 522. The van der Waals surface area contributed by atoms with E-state index >= 15 is 0 Å². The van der Waals surface area contributed by atoms with Crippen molar-refractivity contribution in [3.8, 4) is 0 Å². The Labute approximate surface area is 101 Å². The van der Waals surface area contributed by atoms with Crippen molar-refractivity contribution < 1.29 is 4.92 Å². The number of halogens is 1. The highest BCUT2D eigenvalue weighted by atomic mass is 79.9. The SMILES string of the molecule is O=[N+]([O-])c1ccc2ccn(CCCBr)c2c1. The molecule has 5 heteroatoms. The molecule has 0 aliphatic rings. The first-order chi connectivity index (χ1) is 7.72. The third-order valence-electron chi connectivity index (χ3n) is 2.50. The van der Waals surface area contributed by atoms with Gasteiger partial charge in [-0.2, -0.15) is 0 Å². The Balaban J connectivity index is 2.43. The summed E-state index contributed by atoms with van der Waals surface area (Å²) in [5, 5.41) is 12.7. The fourth-order valence-corrected chi connectivity index (χ4v) is 1.96. The van der Waals surface area contributed by atoms with Crippen molar-refractivity contribution in [3.63, 3.8) is 0 Å². The number of aromatic nitrogens is 1. The second-order valence-corrected chi connectivity index (χ2v) is 4.34. The number of fused-ring (bicyclic) bond motifs is 1. The highest BCUT2D eigenvalue weighted by Crippen LogP contribution is 2.22. The minimum Gasteiger partial charge on any atom is -0.347 e. The molecule has 0 aliphatic carbocycles. The molecule has 1 heterocycles. The predicted octanol–water partition coefficient (Wildman–Crippen LogP) is 3.33. The number of alkyl halides is 1. The van der Waals surface area contributed by atoms with Crippen LogP contribution in [0, 0.1) is 10.1 Å². The second-order valence-electron chi connectivity index (χ2n) is 3.55. The Morgan fingerprint density at radius 3 is 2.88 bits per heavy atom. The van der Waals surface area contributed by atoms with Crippen LogP contribution >= 0.6 is 15.9 Å². The summed E-state index contributed by atoms with van der Waals surface area (Å²) < 4.78 is 2.05. The molecule has 0 saturated heterocycles. The van der Waals surface area contributed by atoms with Gasteiger partial charge in [-0.05, 0) is 18.6 Å². The number of nitro groups is 1. The predicted molar refractivity (Wildman–Crippen MR) is 67.0 cm³/mol. The molecule has 0 aliphatic heterocycles. The largest absolute Gasteiger partial charge is 0.347 e. The average Bonchev–Trinajstić information content (AvgIpc) is 2.68. The molecule has 0 fully saturated rings. The Morgan fingerprint density at radius 2 is 2.19 bits per heavy atom. The zero-order valence-corrected chi connectivity index (χ0v) is 10.2. The lowest BCUT2D eigenvalue weighted by molar-refractivity contribution is -0.384. The molecule has 0 saturated carbocycles. The average molecular weight is 283 g/mol. The molecule has 1 aromatic heterocycles. The lowest BCUT2D eigenvalue weighted by Crippen LogP contribution is -1.97. The van der Waals surface area contributed by atoms with E-state index in [9.17, 15) is 10.1 Å². The molecular formula is C11H11BrN2O2. The molecule has 2 rings (SSSR count). The molecule has 2 aromatic rings. The number of non-ortho nitro benzene ring substituents is 1. The van der Waals surface area contributed by atoms with Gasteiger partial charge in [0.05, 0.1) is 10.4 Å². The van der Waals surface area contributed by atoms with E-state index in [4.69, 9.17) is 0 Å². The van der Waals surface area contributed by atoms with E-state index in [2.05, 4.69) is 15.9 Å². The highest BCUT2D eigenvalue weighted by molar-refractivity contribution is 9.09. The van der Waals surface area contributed by atoms with Crippen molar-refractivity contribution in [3.05, 3.63) is 40.6 Å². The molecule has 4 nitrogen and oxygen atoms in total. The summed E-state index contributed by atoms with van der Waals surface area (Å²) in [6, 6.07) is 6.94. The fraction of sp³-hybridized carbons (Fsp3) is 0.273. The Kier molecular flexibility index (Phi) is 3.24. The molecule has 0 atom stereocenters. The molecule has 0 bridgehead atoms. The molecule has 0 radical (unpaired) electrons. The number of benzene rings is 1. The topological polar surface area (TPSA) is 48.1 Å². The van der Waals surface area contributed by atoms with E-state index in [1.165, 1.54) is 6.07 Å². The van der Waals surface area contributed by atoms with Crippen molar-refractivity contribution in [1.82, 2.24) is 4.57 Å². The van der Waals surface area contributed by atoms with Gasteiger partial charge < -0.3 is 4.57 Å². The molecule has 0 amide bonds.